The maximum atomic E-state index is 13.3. The monoisotopic (exact) mass is 439 g/mol. The van der Waals surface area contributed by atoms with Gasteiger partial charge in [0, 0.05) is 30.9 Å². The van der Waals surface area contributed by atoms with Gasteiger partial charge in [-0.3, -0.25) is 10.2 Å². The molecule has 6 heteroatoms. The smallest absolute Gasteiger partial charge is 0.267 e. The Balaban J connectivity index is 1.72. The highest BCUT2D eigenvalue weighted by molar-refractivity contribution is 5.97. The van der Waals surface area contributed by atoms with Crippen LogP contribution in [-0.4, -0.2) is 42.8 Å². The van der Waals surface area contributed by atoms with E-state index in [-0.39, 0.29) is 5.91 Å². The van der Waals surface area contributed by atoms with Gasteiger partial charge in [-0.15, -0.1) is 0 Å². The summed E-state index contributed by atoms with van der Waals surface area (Å²) in [6.45, 7) is 4.84. The average molecular weight is 440 g/mol. The number of piperidine rings is 1. The van der Waals surface area contributed by atoms with Crippen LogP contribution in [0, 0.1) is 12.8 Å². The number of amides is 1. The molecule has 0 atom stereocenters. The van der Waals surface area contributed by atoms with E-state index in [1.54, 1.807) is 14.2 Å². The summed E-state index contributed by atoms with van der Waals surface area (Å²) in [5, 5.41) is 2.07. The summed E-state index contributed by atoms with van der Waals surface area (Å²) in [4.78, 5) is 13.3. The number of ether oxygens (including phenoxy) is 2. The van der Waals surface area contributed by atoms with Gasteiger partial charge in [0.15, 0.2) is 0 Å². The molecule has 4 rings (SSSR count). The number of hydrogen-bond donors (Lipinski definition) is 1. The van der Waals surface area contributed by atoms with Crippen molar-refractivity contribution in [3.63, 3.8) is 0 Å². The van der Waals surface area contributed by atoms with Gasteiger partial charge in [0.05, 0.1) is 25.5 Å². The lowest BCUT2D eigenvalue weighted by Gasteiger charge is -2.27. The summed E-state index contributed by atoms with van der Waals surface area (Å²) in [6.07, 6.45) is 9.94. The first kappa shape index (κ1) is 22.7. The highest BCUT2D eigenvalue weighted by atomic mass is 16.5. The number of hydrogen-bond acceptors (Lipinski definition) is 4. The number of nitrogens with one attached hydrogen (secondary N) is 1. The lowest BCUT2D eigenvalue weighted by molar-refractivity contribution is 0.0749. The molecular formula is C26H37N3O3. The molecule has 2 aliphatic rings. The van der Waals surface area contributed by atoms with Crippen LogP contribution in [0.15, 0.2) is 24.3 Å². The first-order valence-electron chi connectivity index (χ1n) is 12.1. The summed E-state index contributed by atoms with van der Waals surface area (Å²) in [6, 6.07) is 7.90. The van der Waals surface area contributed by atoms with Crippen LogP contribution in [0.1, 0.15) is 67.4 Å². The van der Waals surface area contributed by atoms with Gasteiger partial charge < -0.3 is 14.0 Å². The number of aromatic nitrogens is 1. The largest absolute Gasteiger partial charge is 0.497 e. The van der Waals surface area contributed by atoms with E-state index in [9.17, 15) is 4.79 Å². The summed E-state index contributed by atoms with van der Waals surface area (Å²) in [5.41, 5.74) is 6.89. The first-order chi connectivity index (χ1) is 15.6. The minimum absolute atomic E-state index is 0.0186. The summed E-state index contributed by atoms with van der Waals surface area (Å²) < 4.78 is 13.5. The van der Waals surface area contributed by atoms with Crippen molar-refractivity contribution in [1.29, 1.82) is 0 Å². The molecule has 1 aliphatic carbocycles. The molecule has 1 aliphatic heterocycles. The molecule has 1 amide bonds. The molecule has 32 heavy (non-hydrogen) atoms. The van der Waals surface area contributed by atoms with Crippen LogP contribution in [0.25, 0.3) is 11.3 Å². The fraction of sp³-hybridized carbons (Fsp3) is 0.577. The predicted molar refractivity (Wildman–Crippen MR) is 127 cm³/mol. The molecule has 0 radical (unpaired) electrons. The van der Waals surface area contributed by atoms with Gasteiger partial charge >= 0.3 is 0 Å². The standard InChI is InChI=1S/C26H37N3O3/c1-19-22(26(30)27-28-14-8-5-9-15-28)17-24(29(19)18-20-10-6-4-7-11-20)23-16-21(31-2)12-13-25(23)32-3/h12-13,16-17,20H,4-11,14-15,18H2,1-3H3,(H,27,30). The van der Waals surface area contributed by atoms with Crippen molar-refractivity contribution in [2.24, 2.45) is 5.92 Å². The van der Waals surface area contributed by atoms with Gasteiger partial charge in [-0.25, -0.2) is 5.01 Å². The molecule has 1 saturated carbocycles. The summed E-state index contributed by atoms with van der Waals surface area (Å²) in [5.74, 6) is 2.19. The van der Waals surface area contributed by atoms with Gasteiger partial charge in [-0.2, -0.15) is 0 Å². The van der Waals surface area contributed by atoms with E-state index >= 15 is 0 Å². The number of nitrogens with zero attached hydrogens (tertiary/aromatic N) is 2. The van der Waals surface area contributed by atoms with Crippen LogP contribution < -0.4 is 14.9 Å². The Hall–Kier alpha value is -2.47. The van der Waals surface area contributed by atoms with Crippen LogP contribution in [0.2, 0.25) is 0 Å². The number of methoxy groups -OCH3 is 2. The second kappa shape index (κ2) is 10.4. The Kier molecular flexibility index (Phi) is 7.40. The number of hydrazine groups is 1. The second-order valence-corrected chi connectivity index (χ2v) is 9.20. The number of rotatable bonds is 7. The van der Waals surface area contributed by atoms with E-state index in [2.05, 4.69) is 21.9 Å². The van der Waals surface area contributed by atoms with Gasteiger partial charge in [0.25, 0.3) is 5.91 Å². The molecule has 2 aromatic rings. The highest BCUT2D eigenvalue weighted by Crippen LogP contribution is 2.37. The minimum Gasteiger partial charge on any atom is -0.497 e. The van der Waals surface area contributed by atoms with E-state index in [0.29, 0.717) is 5.92 Å². The van der Waals surface area contributed by atoms with Gasteiger partial charge in [0.1, 0.15) is 11.5 Å². The lowest BCUT2D eigenvalue weighted by atomic mass is 9.89. The van der Waals surface area contributed by atoms with Crippen LogP contribution in [-0.2, 0) is 6.54 Å². The molecule has 2 heterocycles. The van der Waals surface area contributed by atoms with Crippen molar-refractivity contribution in [2.75, 3.05) is 27.3 Å². The predicted octanol–water partition coefficient (Wildman–Crippen LogP) is 5.19. The van der Waals surface area contributed by atoms with E-state index in [1.807, 2.05) is 24.3 Å². The third kappa shape index (κ3) is 4.96. The van der Waals surface area contributed by atoms with Crippen LogP contribution in [0.3, 0.4) is 0 Å². The Bertz CT molecular complexity index is 925. The van der Waals surface area contributed by atoms with Crippen molar-refractivity contribution >= 4 is 5.91 Å². The Morgan fingerprint density at radius 2 is 1.72 bits per heavy atom. The molecule has 0 unspecified atom stereocenters. The fourth-order valence-electron chi connectivity index (χ4n) is 5.19. The molecule has 0 spiro atoms. The van der Waals surface area contributed by atoms with Crippen LogP contribution in [0.4, 0.5) is 0 Å². The molecule has 1 N–H and O–H groups in total. The zero-order valence-corrected chi connectivity index (χ0v) is 19.8. The van der Waals surface area contributed by atoms with E-state index < -0.39 is 0 Å². The van der Waals surface area contributed by atoms with Crippen LogP contribution >= 0.6 is 0 Å². The van der Waals surface area contributed by atoms with Crippen molar-refractivity contribution in [2.45, 2.75) is 64.8 Å². The Morgan fingerprint density at radius 3 is 2.41 bits per heavy atom. The SMILES string of the molecule is COc1ccc(OC)c(-c2cc(C(=O)NN3CCCCC3)c(C)n2CC2CCCCC2)c1. The van der Waals surface area contributed by atoms with Gasteiger partial charge in [0.2, 0.25) is 0 Å². The van der Waals surface area contributed by atoms with E-state index in [1.165, 1.54) is 38.5 Å². The molecule has 2 fully saturated rings. The van der Waals surface area contributed by atoms with Crippen molar-refractivity contribution in [3.8, 4) is 22.8 Å². The second-order valence-electron chi connectivity index (χ2n) is 9.20. The van der Waals surface area contributed by atoms with Gasteiger partial charge in [-0.05, 0) is 62.8 Å². The Labute approximate surface area is 191 Å². The van der Waals surface area contributed by atoms with Gasteiger partial charge in [-0.1, -0.05) is 25.7 Å². The molecule has 6 nitrogen and oxygen atoms in total. The van der Waals surface area contributed by atoms with Crippen LogP contribution in [0.5, 0.6) is 11.5 Å². The number of carbonyl (C=O) groups excluding carboxylic acids is 1. The Morgan fingerprint density at radius 1 is 1.00 bits per heavy atom. The molecule has 1 aromatic carbocycles. The fourth-order valence-corrected chi connectivity index (χ4v) is 5.19. The summed E-state index contributed by atoms with van der Waals surface area (Å²) in [7, 11) is 3.37. The minimum atomic E-state index is -0.0186. The van der Waals surface area contributed by atoms with E-state index in [0.717, 1.165) is 66.5 Å². The normalized spacial score (nSPS) is 17.8. The lowest BCUT2D eigenvalue weighted by Crippen LogP contribution is -2.45. The highest BCUT2D eigenvalue weighted by Gasteiger charge is 2.25. The summed E-state index contributed by atoms with van der Waals surface area (Å²) >= 11 is 0. The molecule has 174 valence electrons. The van der Waals surface area contributed by atoms with Crippen molar-refractivity contribution in [3.05, 3.63) is 35.5 Å². The first-order valence-corrected chi connectivity index (χ1v) is 12.1. The van der Waals surface area contributed by atoms with E-state index in [4.69, 9.17) is 9.47 Å². The van der Waals surface area contributed by atoms with Crippen molar-refractivity contribution < 1.29 is 14.3 Å². The quantitative estimate of drug-likeness (QED) is 0.645. The third-order valence-electron chi connectivity index (χ3n) is 7.07. The molecule has 1 saturated heterocycles. The zero-order valence-electron chi connectivity index (χ0n) is 19.8. The molecular weight excluding hydrogens is 402 g/mol. The topological polar surface area (TPSA) is 55.7 Å². The zero-order chi connectivity index (χ0) is 22.5. The molecule has 1 aromatic heterocycles. The maximum Gasteiger partial charge on any atom is 0.267 e. The average Bonchev–Trinajstić information content (AvgIpc) is 3.16. The van der Waals surface area contributed by atoms with Crippen molar-refractivity contribution in [1.82, 2.24) is 15.0 Å². The molecule has 0 bridgehead atoms. The number of carbonyl (C=O) groups is 1. The third-order valence-corrected chi connectivity index (χ3v) is 7.07. The maximum absolute atomic E-state index is 13.3. The number of benzene rings is 1.